The molecule has 0 saturated carbocycles. The first-order valence-electron chi connectivity index (χ1n) is 7.11. The van der Waals surface area contributed by atoms with E-state index in [1.165, 1.54) is 25.9 Å². The molecule has 0 spiro atoms. The zero-order chi connectivity index (χ0) is 13.5. The lowest BCUT2D eigenvalue weighted by Gasteiger charge is -2.44. The minimum Gasteiger partial charge on any atom is -0.470 e. The van der Waals surface area contributed by atoms with Crippen LogP contribution in [0.2, 0.25) is 5.15 Å². The molecule has 0 N–H and O–H groups in total. The van der Waals surface area contributed by atoms with Crippen LogP contribution in [0.3, 0.4) is 0 Å². The van der Waals surface area contributed by atoms with Crippen LogP contribution in [0.1, 0.15) is 12.8 Å². The largest absolute Gasteiger partial charge is 0.470 e. The van der Waals surface area contributed by atoms with Gasteiger partial charge in [0.25, 0.3) is 5.88 Å². The Labute approximate surface area is 122 Å². The highest BCUT2D eigenvalue weighted by atomic mass is 35.5. The Morgan fingerprint density at radius 1 is 1.10 bits per heavy atom. The number of hydrogen-bond acceptors (Lipinski definition) is 4. The molecule has 1 atom stereocenters. The first-order chi connectivity index (χ1) is 9.79. The van der Waals surface area contributed by atoms with Crippen LogP contribution in [0, 0.1) is 5.92 Å². The maximum atomic E-state index is 6.21. The van der Waals surface area contributed by atoms with E-state index < -0.39 is 0 Å². The summed E-state index contributed by atoms with van der Waals surface area (Å²) in [5.41, 5.74) is 1.63. The molecule has 5 heteroatoms. The molecule has 3 aliphatic rings. The van der Waals surface area contributed by atoms with Gasteiger partial charge in [-0.2, -0.15) is 0 Å². The monoisotopic (exact) mass is 289 g/mol. The van der Waals surface area contributed by atoms with E-state index in [1.54, 1.807) is 0 Å². The molecule has 2 aromatic rings. The van der Waals surface area contributed by atoms with Gasteiger partial charge >= 0.3 is 0 Å². The molecule has 0 aliphatic carbocycles. The molecule has 4 heterocycles. The van der Waals surface area contributed by atoms with E-state index in [0.717, 1.165) is 17.6 Å². The molecule has 4 nitrogen and oxygen atoms in total. The van der Waals surface area contributed by atoms with Crippen molar-refractivity contribution in [2.45, 2.75) is 18.9 Å². The number of hydrogen-bond donors (Lipinski definition) is 0. The van der Waals surface area contributed by atoms with E-state index >= 15 is 0 Å². The summed E-state index contributed by atoms with van der Waals surface area (Å²) in [6.07, 6.45) is 2.62. The molecule has 1 aromatic carbocycles. The van der Waals surface area contributed by atoms with Crippen LogP contribution >= 0.6 is 11.6 Å². The van der Waals surface area contributed by atoms with Crippen LogP contribution in [-0.4, -0.2) is 40.6 Å². The van der Waals surface area contributed by atoms with E-state index in [0.29, 0.717) is 17.0 Å². The zero-order valence-corrected chi connectivity index (χ0v) is 11.9. The molecule has 3 saturated heterocycles. The molecule has 3 aliphatic heterocycles. The second kappa shape index (κ2) is 4.86. The fourth-order valence-electron chi connectivity index (χ4n) is 3.23. The lowest BCUT2D eigenvalue weighted by Crippen LogP contribution is -2.52. The van der Waals surface area contributed by atoms with Crippen molar-refractivity contribution < 1.29 is 4.74 Å². The van der Waals surface area contributed by atoms with Gasteiger partial charge in [-0.1, -0.05) is 23.7 Å². The predicted molar refractivity (Wildman–Crippen MR) is 78.1 cm³/mol. The minimum atomic E-state index is 0.200. The molecular formula is C15H16ClN3O. The quantitative estimate of drug-likeness (QED) is 0.852. The maximum Gasteiger partial charge on any atom is 0.253 e. The van der Waals surface area contributed by atoms with Crippen molar-refractivity contribution in [3.05, 3.63) is 29.4 Å². The van der Waals surface area contributed by atoms with Gasteiger partial charge in [-0.3, -0.25) is 4.90 Å². The topological polar surface area (TPSA) is 38.3 Å². The number of halogens is 1. The number of fused-ring (bicyclic) bond motifs is 4. The van der Waals surface area contributed by atoms with E-state index in [1.807, 2.05) is 24.3 Å². The number of ether oxygens (including phenoxy) is 1. The fraction of sp³-hybridized carbons (Fsp3) is 0.467. The van der Waals surface area contributed by atoms with E-state index in [9.17, 15) is 0 Å². The Kier molecular flexibility index (Phi) is 3.00. The number of nitrogens with zero attached hydrogens (tertiary/aromatic N) is 3. The third kappa shape index (κ3) is 2.13. The fourth-order valence-corrected chi connectivity index (χ4v) is 3.40. The highest BCUT2D eigenvalue weighted by Crippen LogP contribution is 2.32. The van der Waals surface area contributed by atoms with Crippen LogP contribution < -0.4 is 4.74 Å². The Balaban J connectivity index is 1.63. The molecule has 20 heavy (non-hydrogen) atoms. The highest BCUT2D eigenvalue weighted by Gasteiger charge is 2.36. The van der Waals surface area contributed by atoms with Gasteiger partial charge in [0.1, 0.15) is 6.10 Å². The first kappa shape index (κ1) is 12.4. The Hall–Kier alpha value is -1.39. The Morgan fingerprint density at radius 2 is 1.80 bits per heavy atom. The molecule has 0 amide bonds. The van der Waals surface area contributed by atoms with Crippen molar-refractivity contribution in [3.8, 4) is 5.88 Å². The lowest BCUT2D eigenvalue weighted by atomic mass is 9.86. The van der Waals surface area contributed by atoms with E-state index in [2.05, 4.69) is 14.9 Å². The number of rotatable bonds is 2. The smallest absolute Gasteiger partial charge is 0.253 e. The molecular weight excluding hydrogens is 274 g/mol. The number of para-hydroxylation sites is 2. The predicted octanol–water partition coefficient (Wildman–Crippen LogP) is 2.76. The summed E-state index contributed by atoms with van der Waals surface area (Å²) in [6, 6.07) is 7.72. The second-order valence-corrected chi connectivity index (χ2v) is 5.96. The van der Waals surface area contributed by atoms with Crippen molar-refractivity contribution in [1.82, 2.24) is 14.9 Å². The van der Waals surface area contributed by atoms with Gasteiger partial charge in [-0.05, 0) is 44.0 Å². The summed E-state index contributed by atoms with van der Waals surface area (Å²) in [5.74, 6) is 1.11. The van der Waals surface area contributed by atoms with Gasteiger partial charge in [0, 0.05) is 6.54 Å². The van der Waals surface area contributed by atoms with Gasteiger partial charge in [0.2, 0.25) is 0 Å². The van der Waals surface area contributed by atoms with E-state index in [4.69, 9.17) is 16.3 Å². The summed E-state index contributed by atoms with van der Waals surface area (Å²) >= 11 is 6.21. The van der Waals surface area contributed by atoms with E-state index in [-0.39, 0.29) is 6.10 Å². The minimum absolute atomic E-state index is 0.200. The Bertz CT molecular complexity index is 640. The van der Waals surface area contributed by atoms with Crippen LogP contribution in [0.5, 0.6) is 5.88 Å². The molecule has 104 valence electrons. The van der Waals surface area contributed by atoms with Crippen molar-refractivity contribution in [2.24, 2.45) is 5.92 Å². The molecule has 1 unspecified atom stereocenters. The van der Waals surface area contributed by atoms with Crippen LogP contribution in [0.25, 0.3) is 11.0 Å². The van der Waals surface area contributed by atoms with Gasteiger partial charge in [-0.15, -0.1) is 0 Å². The third-order valence-corrected chi connectivity index (χ3v) is 4.60. The summed E-state index contributed by atoms with van der Waals surface area (Å²) < 4.78 is 6.08. The van der Waals surface area contributed by atoms with Crippen molar-refractivity contribution in [3.63, 3.8) is 0 Å². The average molecular weight is 290 g/mol. The standard InChI is InChI=1S/C15H16ClN3O/c16-14-15(18-12-4-2-1-3-11(12)17-14)20-13-9-19-7-5-10(13)6-8-19/h1-4,10,13H,5-9H2. The molecule has 5 rings (SSSR count). The summed E-state index contributed by atoms with van der Waals surface area (Å²) in [5, 5.41) is 0.361. The molecule has 1 aromatic heterocycles. The lowest BCUT2D eigenvalue weighted by molar-refractivity contribution is -0.00989. The van der Waals surface area contributed by atoms with Gasteiger partial charge < -0.3 is 4.74 Å². The van der Waals surface area contributed by atoms with Gasteiger partial charge in [0.15, 0.2) is 5.15 Å². The molecule has 2 bridgehead atoms. The Morgan fingerprint density at radius 3 is 2.45 bits per heavy atom. The summed E-state index contributed by atoms with van der Waals surface area (Å²) in [6.45, 7) is 3.37. The number of benzene rings is 1. The maximum absolute atomic E-state index is 6.21. The normalized spacial score (nSPS) is 28.8. The van der Waals surface area contributed by atoms with Gasteiger partial charge in [0.05, 0.1) is 11.0 Å². The average Bonchev–Trinajstić information content (AvgIpc) is 2.49. The molecule has 0 radical (unpaired) electrons. The third-order valence-electron chi connectivity index (χ3n) is 4.36. The SMILES string of the molecule is Clc1nc2ccccc2nc1OC1CN2CCC1CC2. The first-order valence-corrected chi connectivity index (χ1v) is 7.49. The second-order valence-electron chi connectivity index (χ2n) is 5.60. The number of aromatic nitrogens is 2. The van der Waals surface area contributed by atoms with Crippen molar-refractivity contribution in [2.75, 3.05) is 19.6 Å². The van der Waals surface area contributed by atoms with Crippen molar-refractivity contribution >= 4 is 22.6 Å². The highest BCUT2D eigenvalue weighted by molar-refractivity contribution is 6.31. The zero-order valence-electron chi connectivity index (χ0n) is 11.1. The van der Waals surface area contributed by atoms with Gasteiger partial charge in [-0.25, -0.2) is 9.97 Å². The van der Waals surface area contributed by atoms with Crippen LogP contribution in [0.15, 0.2) is 24.3 Å². The molecule has 3 fully saturated rings. The summed E-state index contributed by atoms with van der Waals surface area (Å²) in [7, 11) is 0. The van der Waals surface area contributed by atoms with Crippen LogP contribution in [0.4, 0.5) is 0 Å². The van der Waals surface area contributed by atoms with Crippen molar-refractivity contribution in [1.29, 1.82) is 0 Å². The van der Waals surface area contributed by atoms with Crippen LogP contribution in [-0.2, 0) is 0 Å². The summed E-state index contributed by atoms with van der Waals surface area (Å²) in [4.78, 5) is 11.3. The number of piperidine rings is 3.